The van der Waals surface area contributed by atoms with E-state index in [-0.39, 0.29) is 11.8 Å². The number of nitrogens with zero attached hydrogens (tertiary/aromatic N) is 2. The lowest BCUT2D eigenvalue weighted by Gasteiger charge is -2.47. The number of hydrogen-bond donors (Lipinski definition) is 1. The summed E-state index contributed by atoms with van der Waals surface area (Å²) in [5, 5.41) is 12.6. The molecule has 1 saturated carbocycles. The van der Waals surface area contributed by atoms with E-state index in [1.807, 2.05) is 29.3 Å². The highest BCUT2D eigenvalue weighted by Gasteiger charge is 2.43. The van der Waals surface area contributed by atoms with Crippen LogP contribution in [0.2, 0.25) is 5.02 Å². The Morgan fingerprint density at radius 1 is 1.28 bits per heavy atom. The molecule has 1 amide bonds. The van der Waals surface area contributed by atoms with E-state index in [4.69, 9.17) is 11.6 Å². The highest BCUT2D eigenvalue weighted by molar-refractivity contribution is 6.31. The standard InChI is InChI=1S/C20H25ClN2O2/c21-17-5-4-15-6-10-22(18(15)13-17)11-7-19(24)23-12-9-20(25)8-2-1-3-16(20)14-23/h4-6,10,13,16,25H,1-3,7-9,11-12,14H2/t16-,20-/m0/s1. The number of aromatic nitrogens is 1. The molecule has 25 heavy (non-hydrogen) atoms. The second-order valence-electron chi connectivity index (χ2n) is 7.60. The van der Waals surface area contributed by atoms with Crippen LogP contribution < -0.4 is 0 Å². The molecule has 4 rings (SSSR count). The molecule has 1 saturated heterocycles. The summed E-state index contributed by atoms with van der Waals surface area (Å²) in [7, 11) is 0. The monoisotopic (exact) mass is 360 g/mol. The van der Waals surface area contributed by atoms with Gasteiger partial charge in [0.05, 0.1) is 5.60 Å². The number of hydrogen-bond acceptors (Lipinski definition) is 2. The van der Waals surface area contributed by atoms with Crippen LogP contribution in [0.1, 0.15) is 38.5 Å². The predicted molar refractivity (Wildman–Crippen MR) is 99.7 cm³/mol. The molecule has 1 N–H and O–H groups in total. The van der Waals surface area contributed by atoms with E-state index in [1.54, 1.807) is 0 Å². The summed E-state index contributed by atoms with van der Waals surface area (Å²) in [5.41, 5.74) is 0.545. The molecule has 0 bridgehead atoms. The molecule has 2 aromatic rings. The number of benzene rings is 1. The maximum atomic E-state index is 12.7. The van der Waals surface area contributed by atoms with Gasteiger partial charge in [0.2, 0.25) is 5.91 Å². The third-order valence-electron chi connectivity index (χ3n) is 6.08. The second-order valence-corrected chi connectivity index (χ2v) is 8.03. The predicted octanol–water partition coefficient (Wildman–Crippen LogP) is 3.84. The molecule has 0 radical (unpaired) electrons. The van der Waals surface area contributed by atoms with Crippen molar-refractivity contribution in [3.05, 3.63) is 35.5 Å². The van der Waals surface area contributed by atoms with Crippen LogP contribution >= 0.6 is 11.6 Å². The number of fused-ring (bicyclic) bond motifs is 2. The van der Waals surface area contributed by atoms with Crippen molar-refractivity contribution in [1.82, 2.24) is 9.47 Å². The summed E-state index contributed by atoms with van der Waals surface area (Å²) in [6.07, 6.45) is 7.46. The number of halogens is 1. The molecule has 0 spiro atoms. The molecule has 5 heteroatoms. The summed E-state index contributed by atoms with van der Waals surface area (Å²) in [5.74, 6) is 0.446. The average molecular weight is 361 g/mol. The average Bonchev–Trinajstić information content (AvgIpc) is 3.01. The first kappa shape index (κ1) is 16.9. The van der Waals surface area contributed by atoms with Crippen molar-refractivity contribution >= 4 is 28.4 Å². The summed E-state index contributed by atoms with van der Waals surface area (Å²) in [6, 6.07) is 7.90. The van der Waals surface area contributed by atoms with Crippen LogP contribution in [0, 0.1) is 5.92 Å². The highest BCUT2D eigenvalue weighted by Crippen LogP contribution is 2.39. The molecule has 1 aliphatic carbocycles. The Bertz CT molecular complexity index is 787. The van der Waals surface area contributed by atoms with Crippen LogP contribution in [0.5, 0.6) is 0 Å². The highest BCUT2D eigenvalue weighted by atomic mass is 35.5. The molecule has 2 heterocycles. The number of amides is 1. The van der Waals surface area contributed by atoms with E-state index in [0.29, 0.717) is 31.1 Å². The SMILES string of the molecule is O=C(CCn1ccc2ccc(Cl)cc21)N1CC[C@@]2(O)CCCC[C@H]2C1. The largest absolute Gasteiger partial charge is 0.389 e. The molecule has 1 aliphatic heterocycles. The smallest absolute Gasteiger partial charge is 0.224 e. The maximum Gasteiger partial charge on any atom is 0.224 e. The summed E-state index contributed by atoms with van der Waals surface area (Å²) in [4.78, 5) is 14.6. The lowest BCUT2D eigenvalue weighted by atomic mass is 9.71. The third-order valence-corrected chi connectivity index (χ3v) is 6.32. The Balaban J connectivity index is 1.40. The minimum Gasteiger partial charge on any atom is -0.389 e. The van der Waals surface area contributed by atoms with Gasteiger partial charge in [0.15, 0.2) is 0 Å². The van der Waals surface area contributed by atoms with Crippen molar-refractivity contribution in [1.29, 1.82) is 0 Å². The number of piperidine rings is 1. The van der Waals surface area contributed by atoms with E-state index in [1.165, 1.54) is 6.42 Å². The minimum atomic E-state index is -0.525. The van der Waals surface area contributed by atoms with E-state index < -0.39 is 5.60 Å². The number of aliphatic hydroxyl groups is 1. The first-order chi connectivity index (χ1) is 12.0. The summed E-state index contributed by atoms with van der Waals surface area (Å²) < 4.78 is 2.10. The lowest BCUT2D eigenvalue weighted by molar-refractivity contribution is -0.143. The first-order valence-corrected chi connectivity index (χ1v) is 9.67. The van der Waals surface area contributed by atoms with E-state index in [2.05, 4.69) is 10.6 Å². The van der Waals surface area contributed by atoms with Crippen molar-refractivity contribution in [3.8, 4) is 0 Å². The molecule has 2 fully saturated rings. The van der Waals surface area contributed by atoms with Crippen molar-refractivity contribution in [2.24, 2.45) is 5.92 Å². The van der Waals surface area contributed by atoms with Crippen molar-refractivity contribution in [3.63, 3.8) is 0 Å². The molecule has 2 aliphatic rings. The number of likely N-dealkylation sites (tertiary alicyclic amines) is 1. The van der Waals surface area contributed by atoms with Gasteiger partial charge in [0.1, 0.15) is 0 Å². The Hall–Kier alpha value is -1.52. The van der Waals surface area contributed by atoms with Crippen molar-refractivity contribution < 1.29 is 9.90 Å². The molecule has 4 nitrogen and oxygen atoms in total. The Morgan fingerprint density at radius 2 is 2.16 bits per heavy atom. The minimum absolute atomic E-state index is 0.191. The van der Waals surface area contributed by atoms with Crippen LogP contribution in [0.25, 0.3) is 10.9 Å². The molecule has 0 unspecified atom stereocenters. The van der Waals surface area contributed by atoms with Crippen molar-refractivity contribution in [2.45, 2.75) is 50.7 Å². The number of carbonyl (C=O) groups excluding carboxylic acids is 1. The molecule has 1 aromatic carbocycles. The fraction of sp³-hybridized carbons (Fsp3) is 0.550. The molecular weight excluding hydrogens is 336 g/mol. The Labute approximate surface area is 153 Å². The topological polar surface area (TPSA) is 45.5 Å². The van der Waals surface area contributed by atoms with Gasteiger partial charge in [-0.3, -0.25) is 4.79 Å². The lowest BCUT2D eigenvalue weighted by Crippen LogP contribution is -2.54. The zero-order valence-electron chi connectivity index (χ0n) is 14.5. The summed E-state index contributed by atoms with van der Waals surface area (Å²) in [6.45, 7) is 2.06. The van der Waals surface area contributed by atoms with Gasteiger partial charge in [-0.2, -0.15) is 0 Å². The normalized spacial score (nSPS) is 26.6. The first-order valence-electron chi connectivity index (χ1n) is 9.30. The third kappa shape index (κ3) is 3.30. The van der Waals surface area contributed by atoms with Gasteiger partial charge in [0, 0.05) is 48.7 Å². The van der Waals surface area contributed by atoms with Gasteiger partial charge in [-0.05, 0) is 42.8 Å². The van der Waals surface area contributed by atoms with Crippen LogP contribution in [0.3, 0.4) is 0 Å². The van der Waals surface area contributed by atoms with Crippen molar-refractivity contribution in [2.75, 3.05) is 13.1 Å². The van der Waals surface area contributed by atoms with E-state index in [9.17, 15) is 9.90 Å². The number of rotatable bonds is 3. The van der Waals surface area contributed by atoms with Crippen LogP contribution in [-0.2, 0) is 11.3 Å². The van der Waals surface area contributed by atoms with Gasteiger partial charge in [0.25, 0.3) is 0 Å². The Kier molecular flexibility index (Phi) is 4.50. The van der Waals surface area contributed by atoms with Gasteiger partial charge in [-0.1, -0.05) is 30.5 Å². The van der Waals surface area contributed by atoms with E-state index >= 15 is 0 Å². The van der Waals surface area contributed by atoms with Gasteiger partial charge >= 0.3 is 0 Å². The quantitative estimate of drug-likeness (QED) is 0.903. The van der Waals surface area contributed by atoms with Crippen LogP contribution in [0.15, 0.2) is 30.5 Å². The molecular formula is C20H25ClN2O2. The van der Waals surface area contributed by atoms with E-state index in [0.717, 1.165) is 36.6 Å². The van der Waals surface area contributed by atoms with Crippen LogP contribution in [0.4, 0.5) is 0 Å². The number of aryl methyl sites for hydroxylation is 1. The zero-order chi connectivity index (χ0) is 17.4. The van der Waals surface area contributed by atoms with Gasteiger partial charge < -0.3 is 14.6 Å². The molecule has 2 atom stereocenters. The molecule has 134 valence electrons. The number of carbonyl (C=O) groups is 1. The Morgan fingerprint density at radius 3 is 3.04 bits per heavy atom. The van der Waals surface area contributed by atoms with Gasteiger partial charge in [-0.15, -0.1) is 0 Å². The fourth-order valence-electron chi connectivity index (χ4n) is 4.52. The van der Waals surface area contributed by atoms with Crippen LogP contribution in [-0.4, -0.2) is 39.2 Å². The molecule has 1 aromatic heterocycles. The van der Waals surface area contributed by atoms with Gasteiger partial charge in [-0.25, -0.2) is 0 Å². The fourth-order valence-corrected chi connectivity index (χ4v) is 4.69. The maximum absolute atomic E-state index is 12.7. The zero-order valence-corrected chi connectivity index (χ0v) is 15.2. The summed E-state index contributed by atoms with van der Waals surface area (Å²) >= 11 is 6.10. The second kappa shape index (κ2) is 6.65.